The molecule has 1 fully saturated rings. The van der Waals surface area contributed by atoms with Crippen LogP contribution in [0, 0.1) is 5.82 Å². The third-order valence-corrected chi connectivity index (χ3v) is 5.36. The number of fused-ring (bicyclic) bond motifs is 1. The molecule has 1 aliphatic rings. The fourth-order valence-corrected chi connectivity index (χ4v) is 3.79. The lowest BCUT2D eigenvalue weighted by atomic mass is 10.0. The molecule has 0 aliphatic carbocycles. The molecule has 30 heavy (non-hydrogen) atoms. The topological polar surface area (TPSA) is 98.8 Å². The quantitative estimate of drug-likeness (QED) is 0.576. The number of nitrogens with one attached hydrogen (secondary N) is 3. The molecule has 158 valence electrons. The van der Waals surface area contributed by atoms with Gasteiger partial charge in [0.1, 0.15) is 5.65 Å². The first kappa shape index (κ1) is 20.1. The average molecular weight is 411 g/mol. The van der Waals surface area contributed by atoms with E-state index in [0.717, 1.165) is 42.3 Å². The number of amides is 2. The molecule has 1 aliphatic heterocycles. The second-order valence-electron chi connectivity index (χ2n) is 7.45. The Kier molecular flexibility index (Phi) is 6.06. The molecule has 9 heteroatoms. The number of aromatic nitrogens is 4. The van der Waals surface area contributed by atoms with Crippen molar-refractivity contribution in [3.8, 4) is 11.4 Å². The van der Waals surface area contributed by atoms with Gasteiger partial charge in [-0.15, -0.1) is 0 Å². The highest BCUT2D eigenvalue weighted by molar-refractivity contribution is 5.91. The Balaban J connectivity index is 1.50. The minimum Gasteiger partial charge on any atom is -0.365 e. The number of anilines is 1. The number of hydrogen-bond acceptors (Lipinski definition) is 5. The second kappa shape index (κ2) is 9.06. The molecule has 4 rings (SSSR count). The number of hydrogen-bond donors (Lipinski definition) is 3. The van der Waals surface area contributed by atoms with Crippen LogP contribution in [-0.4, -0.2) is 56.5 Å². The standard InChI is InChI=1S/C21H26FN7O/c1-2-8-24-21(30)29-10-4-3-6-14(29)11-25-20-17(22)13-27-19(28-20)16-12-26-18-15(16)7-5-9-23-18/h5,7,9,12-14H,2-4,6,8,10-11H2,1H3,(H,23,26)(H,24,30)(H,25,27,28). The SMILES string of the molecule is CCCNC(=O)N1CCCCC1CNc1nc(-c2c[nH]c3ncccc23)ncc1F. The van der Waals surface area contributed by atoms with Crippen LogP contribution in [0.3, 0.4) is 0 Å². The number of carbonyl (C=O) groups excluding carboxylic acids is 1. The predicted molar refractivity (Wildman–Crippen MR) is 114 cm³/mol. The number of carbonyl (C=O) groups is 1. The minimum absolute atomic E-state index is 0.00860. The van der Waals surface area contributed by atoms with Crippen LogP contribution in [0.15, 0.2) is 30.7 Å². The van der Waals surface area contributed by atoms with E-state index >= 15 is 0 Å². The average Bonchev–Trinajstić information content (AvgIpc) is 3.21. The molecule has 1 unspecified atom stereocenters. The van der Waals surface area contributed by atoms with Gasteiger partial charge < -0.3 is 20.5 Å². The number of aromatic amines is 1. The van der Waals surface area contributed by atoms with Gasteiger partial charge in [0.2, 0.25) is 0 Å². The van der Waals surface area contributed by atoms with Crippen LogP contribution in [0.25, 0.3) is 22.4 Å². The van der Waals surface area contributed by atoms with Crippen LogP contribution in [0.5, 0.6) is 0 Å². The Bertz CT molecular complexity index is 1020. The van der Waals surface area contributed by atoms with Crippen molar-refractivity contribution in [3.05, 3.63) is 36.5 Å². The highest BCUT2D eigenvalue weighted by Gasteiger charge is 2.26. The van der Waals surface area contributed by atoms with Crippen LogP contribution in [0.1, 0.15) is 32.6 Å². The van der Waals surface area contributed by atoms with Crippen molar-refractivity contribution < 1.29 is 9.18 Å². The van der Waals surface area contributed by atoms with Gasteiger partial charge in [0.25, 0.3) is 0 Å². The first-order valence-electron chi connectivity index (χ1n) is 10.4. The van der Waals surface area contributed by atoms with E-state index in [-0.39, 0.29) is 17.9 Å². The van der Waals surface area contributed by atoms with E-state index in [1.54, 1.807) is 12.4 Å². The molecule has 4 heterocycles. The summed E-state index contributed by atoms with van der Waals surface area (Å²) in [4.78, 5) is 30.2. The highest BCUT2D eigenvalue weighted by Crippen LogP contribution is 2.26. The number of H-pyrrole nitrogens is 1. The molecule has 3 aromatic heterocycles. The van der Waals surface area contributed by atoms with Crippen LogP contribution in [0.2, 0.25) is 0 Å². The smallest absolute Gasteiger partial charge is 0.317 e. The molecule has 0 radical (unpaired) electrons. The molecule has 2 amide bonds. The summed E-state index contributed by atoms with van der Waals surface area (Å²) in [5.41, 5.74) is 1.49. The molecule has 3 N–H and O–H groups in total. The summed E-state index contributed by atoms with van der Waals surface area (Å²) >= 11 is 0. The largest absolute Gasteiger partial charge is 0.365 e. The molecule has 3 aromatic rings. The molecule has 1 atom stereocenters. The fourth-order valence-electron chi connectivity index (χ4n) is 3.79. The van der Waals surface area contributed by atoms with Crippen molar-refractivity contribution >= 4 is 22.9 Å². The Morgan fingerprint density at radius 2 is 2.27 bits per heavy atom. The fraction of sp³-hybridized carbons (Fsp3) is 0.429. The van der Waals surface area contributed by atoms with Gasteiger partial charge in [-0.25, -0.2) is 24.1 Å². The zero-order chi connectivity index (χ0) is 20.9. The summed E-state index contributed by atoms with van der Waals surface area (Å²) in [5.74, 6) is 0.0339. The van der Waals surface area contributed by atoms with Crippen molar-refractivity contribution in [2.75, 3.05) is 25.0 Å². The minimum atomic E-state index is -0.519. The first-order chi connectivity index (χ1) is 14.7. The Hall–Kier alpha value is -3.23. The molecule has 8 nitrogen and oxygen atoms in total. The molecule has 0 aromatic carbocycles. The molecule has 1 saturated heterocycles. The number of piperidine rings is 1. The zero-order valence-electron chi connectivity index (χ0n) is 17.0. The number of halogens is 1. The zero-order valence-corrected chi connectivity index (χ0v) is 17.0. The number of likely N-dealkylation sites (tertiary alicyclic amines) is 1. The van der Waals surface area contributed by atoms with Crippen molar-refractivity contribution in [1.29, 1.82) is 0 Å². The van der Waals surface area contributed by atoms with Crippen LogP contribution in [-0.2, 0) is 0 Å². The van der Waals surface area contributed by atoms with Crippen LogP contribution < -0.4 is 10.6 Å². The van der Waals surface area contributed by atoms with Crippen molar-refractivity contribution in [1.82, 2.24) is 30.2 Å². The molecule has 0 bridgehead atoms. The molecular weight excluding hydrogens is 385 g/mol. The number of rotatable bonds is 6. The lowest BCUT2D eigenvalue weighted by molar-refractivity contribution is 0.155. The maximum atomic E-state index is 14.4. The third kappa shape index (κ3) is 4.19. The number of nitrogens with zero attached hydrogens (tertiary/aromatic N) is 4. The summed E-state index contributed by atoms with van der Waals surface area (Å²) in [5, 5.41) is 6.91. The Morgan fingerprint density at radius 3 is 3.13 bits per heavy atom. The number of urea groups is 1. The van der Waals surface area contributed by atoms with Gasteiger partial charge in [-0.1, -0.05) is 6.92 Å². The van der Waals surface area contributed by atoms with Gasteiger partial charge in [-0.05, 0) is 37.8 Å². The normalized spacial score (nSPS) is 16.6. The lowest BCUT2D eigenvalue weighted by Gasteiger charge is -2.36. The van der Waals surface area contributed by atoms with Gasteiger partial charge in [0.15, 0.2) is 17.5 Å². The highest BCUT2D eigenvalue weighted by atomic mass is 19.1. The van der Waals surface area contributed by atoms with Gasteiger partial charge in [-0.3, -0.25) is 0 Å². The van der Waals surface area contributed by atoms with Crippen LogP contribution >= 0.6 is 0 Å². The lowest BCUT2D eigenvalue weighted by Crippen LogP contribution is -2.51. The van der Waals surface area contributed by atoms with Gasteiger partial charge in [0.05, 0.1) is 12.2 Å². The molecule has 0 spiro atoms. The van der Waals surface area contributed by atoms with E-state index in [9.17, 15) is 9.18 Å². The number of pyridine rings is 1. The van der Waals surface area contributed by atoms with Gasteiger partial charge >= 0.3 is 6.03 Å². The summed E-state index contributed by atoms with van der Waals surface area (Å²) in [6, 6.07) is 3.69. The Morgan fingerprint density at radius 1 is 1.37 bits per heavy atom. The van der Waals surface area contributed by atoms with E-state index in [0.29, 0.717) is 25.5 Å². The molecule has 0 saturated carbocycles. The van der Waals surface area contributed by atoms with Crippen molar-refractivity contribution in [3.63, 3.8) is 0 Å². The maximum Gasteiger partial charge on any atom is 0.317 e. The van der Waals surface area contributed by atoms with Crippen molar-refractivity contribution in [2.24, 2.45) is 0 Å². The molecular formula is C21H26FN7O. The third-order valence-electron chi connectivity index (χ3n) is 5.36. The van der Waals surface area contributed by atoms with Crippen molar-refractivity contribution in [2.45, 2.75) is 38.6 Å². The monoisotopic (exact) mass is 411 g/mol. The van der Waals surface area contributed by atoms with E-state index in [2.05, 4.69) is 30.6 Å². The van der Waals surface area contributed by atoms with Gasteiger partial charge in [0, 0.05) is 43.0 Å². The van der Waals surface area contributed by atoms with E-state index in [4.69, 9.17) is 0 Å². The summed E-state index contributed by atoms with van der Waals surface area (Å²) in [6.07, 6.45) is 8.44. The summed E-state index contributed by atoms with van der Waals surface area (Å²) < 4.78 is 14.4. The van der Waals surface area contributed by atoms with E-state index < -0.39 is 5.82 Å². The van der Waals surface area contributed by atoms with E-state index in [1.807, 2.05) is 24.0 Å². The Labute approximate surface area is 174 Å². The predicted octanol–water partition coefficient (Wildman–Crippen LogP) is 3.55. The summed E-state index contributed by atoms with van der Waals surface area (Å²) in [6.45, 7) is 3.82. The summed E-state index contributed by atoms with van der Waals surface area (Å²) in [7, 11) is 0. The van der Waals surface area contributed by atoms with Crippen LogP contribution in [0.4, 0.5) is 15.0 Å². The van der Waals surface area contributed by atoms with E-state index in [1.165, 1.54) is 6.20 Å². The maximum absolute atomic E-state index is 14.4. The van der Waals surface area contributed by atoms with Gasteiger partial charge in [-0.2, -0.15) is 0 Å². The first-order valence-corrected chi connectivity index (χ1v) is 10.4. The second-order valence-corrected chi connectivity index (χ2v) is 7.45.